The number of hydrogen-bond donors (Lipinski definition) is 1. The van der Waals surface area contributed by atoms with Gasteiger partial charge in [0.1, 0.15) is 0 Å². The highest BCUT2D eigenvalue weighted by atomic mass is 32.2. The van der Waals surface area contributed by atoms with E-state index >= 15 is 0 Å². The smallest absolute Gasteiger partial charge is 0.254 e. The number of nitrogens with one attached hydrogen (secondary N) is 1. The number of anilines is 1. The van der Waals surface area contributed by atoms with E-state index in [2.05, 4.69) is 5.32 Å². The molecule has 1 atom stereocenters. The normalized spacial score (nSPS) is 15.7. The van der Waals surface area contributed by atoms with Crippen LogP contribution in [0.5, 0.6) is 5.75 Å². The van der Waals surface area contributed by atoms with Gasteiger partial charge in [-0.2, -0.15) is 0 Å². The Morgan fingerprint density at radius 1 is 1.30 bits per heavy atom. The van der Waals surface area contributed by atoms with E-state index in [1.807, 2.05) is 19.9 Å². The summed E-state index contributed by atoms with van der Waals surface area (Å²) in [6.07, 6.45) is 0. The first kappa shape index (κ1) is 19.2. The van der Waals surface area contributed by atoms with Crippen molar-refractivity contribution in [2.45, 2.75) is 30.5 Å². The minimum atomic E-state index is -0.457. The number of hydrogen-bond acceptors (Lipinski definition) is 4. The summed E-state index contributed by atoms with van der Waals surface area (Å²) in [5.74, 6) is -0.529. The lowest BCUT2D eigenvalue weighted by Crippen LogP contribution is -2.31. The Balaban J connectivity index is 1.80. The third-order valence-electron chi connectivity index (χ3n) is 4.42. The number of methoxy groups -OCH3 is 1. The molecule has 1 aliphatic heterocycles. The average Bonchev–Trinajstić information content (AvgIpc) is 2.66. The van der Waals surface area contributed by atoms with Crippen molar-refractivity contribution in [2.24, 2.45) is 0 Å². The predicted molar refractivity (Wildman–Crippen MR) is 104 cm³/mol. The highest BCUT2D eigenvalue weighted by Crippen LogP contribution is 2.36. The van der Waals surface area contributed by atoms with Gasteiger partial charge >= 0.3 is 0 Å². The SMILES string of the molecule is CCN(Cc1ccc(OC)c(F)c1)C(=O)c1ccc2c(c1)NC(=O)C(C)S2. The standard InChI is InChI=1S/C20H21FN2O3S/c1-4-23(11-13-5-7-17(26-3)15(21)9-13)20(25)14-6-8-18-16(10-14)22-19(24)12(2)27-18/h5-10,12H,4,11H2,1-3H3,(H,22,24). The second-order valence-corrected chi connectivity index (χ2v) is 7.63. The Bertz CT molecular complexity index is 888. The van der Waals surface area contributed by atoms with E-state index in [-0.39, 0.29) is 29.4 Å². The maximum atomic E-state index is 13.9. The third-order valence-corrected chi connectivity index (χ3v) is 5.59. The summed E-state index contributed by atoms with van der Waals surface area (Å²) in [6.45, 7) is 4.47. The molecule has 2 aromatic rings. The molecule has 0 saturated carbocycles. The number of nitrogens with zero attached hydrogens (tertiary/aromatic N) is 1. The lowest BCUT2D eigenvalue weighted by molar-refractivity contribution is -0.115. The molecule has 0 aromatic heterocycles. The number of carbonyl (C=O) groups is 2. The average molecular weight is 388 g/mol. The quantitative estimate of drug-likeness (QED) is 0.843. The van der Waals surface area contributed by atoms with E-state index in [1.54, 1.807) is 29.2 Å². The molecule has 0 fully saturated rings. The molecule has 2 aromatic carbocycles. The van der Waals surface area contributed by atoms with Crippen LogP contribution < -0.4 is 10.1 Å². The topological polar surface area (TPSA) is 58.6 Å². The fourth-order valence-electron chi connectivity index (χ4n) is 2.88. The Hall–Kier alpha value is -2.54. The highest BCUT2D eigenvalue weighted by molar-refractivity contribution is 8.00. The number of benzene rings is 2. The number of amides is 2. The molecular weight excluding hydrogens is 367 g/mol. The molecule has 0 spiro atoms. The van der Waals surface area contributed by atoms with Gasteiger partial charge in [-0.3, -0.25) is 9.59 Å². The predicted octanol–water partition coefficient (Wildman–Crippen LogP) is 3.93. The molecule has 1 N–H and O–H groups in total. The van der Waals surface area contributed by atoms with Crippen LogP contribution in [-0.4, -0.2) is 35.6 Å². The van der Waals surface area contributed by atoms with Crippen molar-refractivity contribution >= 4 is 29.3 Å². The van der Waals surface area contributed by atoms with Crippen LogP contribution in [-0.2, 0) is 11.3 Å². The van der Waals surface area contributed by atoms with Gasteiger partial charge in [0.05, 0.1) is 18.0 Å². The first-order valence-electron chi connectivity index (χ1n) is 8.66. The van der Waals surface area contributed by atoms with Crippen LogP contribution in [0.1, 0.15) is 29.8 Å². The van der Waals surface area contributed by atoms with Gasteiger partial charge in [0.25, 0.3) is 5.91 Å². The zero-order valence-electron chi connectivity index (χ0n) is 15.4. The number of carbonyl (C=O) groups excluding carboxylic acids is 2. The summed E-state index contributed by atoms with van der Waals surface area (Å²) >= 11 is 1.47. The van der Waals surface area contributed by atoms with Gasteiger partial charge in [-0.15, -0.1) is 11.8 Å². The summed E-state index contributed by atoms with van der Waals surface area (Å²) in [6, 6.07) is 9.98. The first-order valence-corrected chi connectivity index (χ1v) is 9.54. The van der Waals surface area contributed by atoms with Gasteiger partial charge in [-0.1, -0.05) is 6.07 Å². The van der Waals surface area contributed by atoms with Crippen molar-refractivity contribution in [3.63, 3.8) is 0 Å². The van der Waals surface area contributed by atoms with E-state index in [0.717, 1.165) is 4.90 Å². The van der Waals surface area contributed by atoms with Crippen molar-refractivity contribution in [3.05, 3.63) is 53.3 Å². The van der Waals surface area contributed by atoms with Crippen molar-refractivity contribution in [3.8, 4) is 5.75 Å². The third kappa shape index (κ3) is 4.08. The zero-order valence-corrected chi connectivity index (χ0v) is 16.2. The van der Waals surface area contributed by atoms with Crippen LogP contribution in [0, 0.1) is 5.82 Å². The zero-order chi connectivity index (χ0) is 19.6. The van der Waals surface area contributed by atoms with Crippen LogP contribution in [0.2, 0.25) is 0 Å². The van der Waals surface area contributed by atoms with Crippen LogP contribution in [0.15, 0.2) is 41.3 Å². The lowest BCUT2D eigenvalue weighted by Gasteiger charge is -2.24. The number of ether oxygens (including phenoxy) is 1. The highest BCUT2D eigenvalue weighted by Gasteiger charge is 2.24. The fraction of sp³-hybridized carbons (Fsp3) is 0.300. The Morgan fingerprint density at radius 2 is 2.07 bits per heavy atom. The first-order chi connectivity index (χ1) is 12.9. The van der Waals surface area contributed by atoms with Gasteiger partial charge in [0.15, 0.2) is 11.6 Å². The summed E-state index contributed by atoms with van der Waals surface area (Å²) in [4.78, 5) is 27.4. The van der Waals surface area contributed by atoms with Crippen LogP contribution >= 0.6 is 11.8 Å². The molecule has 2 amide bonds. The maximum absolute atomic E-state index is 13.9. The van der Waals surface area contributed by atoms with E-state index < -0.39 is 5.82 Å². The van der Waals surface area contributed by atoms with E-state index in [0.29, 0.717) is 23.4 Å². The molecule has 142 valence electrons. The minimum Gasteiger partial charge on any atom is -0.494 e. The van der Waals surface area contributed by atoms with E-state index in [4.69, 9.17) is 4.74 Å². The minimum absolute atomic E-state index is 0.0712. The van der Waals surface area contributed by atoms with Crippen molar-refractivity contribution in [1.82, 2.24) is 4.90 Å². The number of fused-ring (bicyclic) bond motifs is 1. The Morgan fingerprint density at radius 3 is 2.74 bits per heavy atom. The summed E-state index contributed by atoms with van der Waals surface area (Å²) in [5, 5.41) is 2.68. The number of rotatable bonds is 5. The molecule has 1 aliphatic rings. The largest absolute Gasteiger partial charge is 0.494 e. The number of thioether (sulfide) groups is 1. The molecule has 27 heavy (non-hydrogen) atoms. The van der Waals surface area contributed by atoms with Gasteiger partial charge in [0, 0.05) is 23.5 Å². The van der Waals surface area contributed by atoms with Crippen molar-refractivity contribution < 1.29 is 18.7 Å². The molecule has 1 unspecified atom stereocenters. The molecular formula is C20H21FN2O3S. The van der Waals surface area contributed by atoms with E-state index in [1.165, 1.54) is 24.9 Å². The van der Waals surface area contributed by atoms with Crippen LogP contribution in [0.3, 0.4) is 0 Å². The summed E-state index contributed by atoms with van der Waals surface area (Å²) in [7, 11) is 1.41. The lowest BCUT2D eigenvalue weighted by atomic mass is 10.1. The molecule has 0 bridgehead atoms. The second-order valence-electron chi connectivity index (χ2n) is 6.25. The van der Waals surface area contributed by atoms with Crippen molar-refractivity contribution in [2.75, 3.05) is 19.0 Å². The van der Waals surface area contributed by atoms with Crippen LogP contribution in [0.4, 0.5) is 10.1 Å². The molecule has 5 nitrogen and oxygen atoms in total. The number of halogens is 1. The second kappa shape index (κ2) is 8.00. The molecule has 0 radical (unpaired) electrons. The molecule has 1 heterocycles. The summed E-state index contributed by atoms with van der Waals surface area (Å²) < 4.78 is 18.8. The van der Waals surface area contributed by atoms with Crippen molar-refractivity contribution in [1.29, 1.82) is 0 Å². The maximum Gasteiger partial charge on any atom is 0.254 e. The van der Waals surface area contributed by atoms with Gasteiger partial charge in [-0.25, -0.2) is 4.39 Å². The van der Waals surface area contributed by atoms with E-state index in [9.17, 15) is 14.0 Å². The van der Waals surface area contributed by atoms with Gasteiger partial charge < -0.3 is 15.0 Å². The monoisotopic (exact) mass is 388 g/mol. The molecule has 3 rings (SSSR count). The molecule has 0 aliphatic carbocycles. The van der Waals surface area contributed by atoms with Crippen LogP contribution in [0.25, 0.3) is 0 Å². The summed E-state index contributed by atoms with van der Waals surface area (Å²) in [5.41, 5.74) is 1.82. The Kier molecular flexibility index (Phi) is 5.70. The van der Waals surface area contributed by atoms with Gasteiger partial charge in [0.2, 0.25) is 5.91 Å². The molecule has 7 heteroatoms. The fourth-order valence-corrected chi connectivity index (χ4v) is 3.81. The Labute approximate surface area is 161 Å². The van der Waals surface area contributed by atoms with Gasteiger partial charge in [-0.05, 0) is 49.7 Å². The molecule has 0 saturated heterocycles.